The van der Waals surface area contributed by atoms with Crippen LogP contribution in [0.15, 0.2) is 0 Å². The number of nitrogens with one attached hydrogen (secondary N) is 2. The van der Waals surface area contributed by atoms with E-state index in [0.717, 1.165) is 19.3 Å². The largest absolute Gasteiger partial charge is 0.381 e. The molecule has 2 fully saturated rings. The summed E-state index contributed by atoms with van der Waals surface area (Å²) in [4.78, 5) is 0. The Morgan fingerprint density at radius 2 is 1.93 bits per heavy atom. The molecule has 3 nitrogen and oxygen atoms in total. The van der Waals surface area contributed by atoms with Gasteiger partial charge in [0.2, 0.25) is 0 Å². The van der Waals surface area contributed by atoms with Crippen LogP contribution in [0.4, 0.5) is 0 Å². The maximum absolute atomic E-state index is 5.42. The second-order valence-electron chi connectivity index (χ2n) is 5.33. The summed E-state index contributed by atoms with van der Waals surface area (Å²) in [5, 5.41) is 7.14. The molecule has 0 aromatic carbocycles. The Kier molecular flexibility index (Phi) is 4.00. The van der Waals surface area contributed by atoms with Gasteiger partial charge in [-0.15, -0.1) is 0 Å². The van der Waals surface area contributed by atoms with Crippen LogP contribution >= 0.6 is 0 Å². The third kappa shape index (κ3) is 3.44. The van der Waals surface area contributed by atoms with Gasteiger partial charge in [-0.25, -0.2) is 0 Å². The molecule has 0 aliphatic carbocycles. The minimum atomic E-state index is 0.475. The third-order valence-electron chi connectivity index (χ3n) is 3.86. The van der Waals surface area contributed by atoms with Gasteiger partial charge in [-0.05, 0) is 44.2 Å². The number of hydrogen-bond donors (Lipinski definition) is 2. The lowest BCUT2D eigenvalue weighted by atomic mass is 9.82. The van der Waals surface area contributed by atoms with Crippen molar-refractivity contribution in [3.05, 3.63) is 0 Å². The van der Waals surface area contributed by atoms with Gasteiger partial charge in [-0.3, -0.25) is 0 Å². The van der Waals surface area contributed by atoms with Gasteiger partial charge in [-0.1, -0.05) is 6.92 Å². The van der Waals surface area contributed by atoms with Gasteiger partial charge in [0, 0.05) is 25.8 Å². The van der Waals surface area contributed by atoms with E-state index in [0.29, 0.717) is 5.41 Å². The van der Waals surface area contributed by atoms with E-state index < -0.39 is 0 Å². The first-order chi connectivity index (χ1) is 7.29. The van der Waals surface area contributed by atoms with Crippen molar-refractivity contribution >= 4 is 0 Å². The Hall–Kier alpha value is -0.120. The molecule has 3 heteroatoms. The minimum absolute atomic E-state index is 0.475. The van der Waals surface area contributed by atoms with Crippen LogP contribution in [0, 0.1) is 5.41 Å². The Bertz CT molecular complexity index is 184. The van der Waals surface area contributed by atoms with E-state index in [2.05, 4.69) is 17.6 Å². The zero-order chi connectivity index (χ0) is 10.6. The highest BCUT2D eigenvalue weighted by Gasteiger charge is 2.28. The molecule has 0 aromatic rings. The number of piperidine rings is 1. The lowest BCUT2D eigenvalue weighted by molar-refractivity contribution is 0.0224. The van der Waals surface area contributed by atoms with Gasteiger partial charge < -0.3 is 15.4 Å². The fourth-order valence-corrected chi connectivity index (χ4v) is 2.46. The highest BCUT2D eigenvalue weighted by Crippen LogP contribution is 2.28. The molecule has 0 saturated carbocycles. The van der Waals surface area contributed by atoms with E-state index in [1.807, 2.05) is 0 Å². The second-order valence-corrected chi connectivity index (χ2v) is 5.33. The molecule has 2 aliphatic rings. The molecule has 88 valence electrons. The zero-order valence-corrected chi connectivity index (χ0v) is 9.85. The van der Waals surface area contributed by atoms with Crippen molar-refractivity contribution in [2.45, 2.75) is 38.6 Å². The Morgan fingerprint density at radius 1 is 1.27 bits per heavy atom. The number of ether oxygens (including phenoxy) is 1. The standard InChI is InChI=1S/C12H24N2O/c1-12(4-8-15-9-5-12)10-14-11-2-6-13-7-3-11/h11,13-14H,2-10H2,1H3. The van der Waals surface area contributed by atoms with Gasteiger partial charge in [0.15, 0.2) is 0 Å². The number of rotatable bonds is 3. The topological polar surface area (TPSA) is 33.3 Å². The molecule has 2 N–H and O–H groups in total. The summed E-state index contributed by atoms with van der Waals surface area (Å²) in [6.07, 6.45) is 5.00. The van der Waals surface area contributed by atoms with E-state index in [1.54, 1.807) is 0 Å². The zero-order valence-electron chi connectivity index (χ0n) is 9.85. The van der Waals surface area contributed by atoms with Crippen molar-refractivity contribution in [3.63, 3.8) is 0 Å². The summed E-state index contributed by atoms with van der Waals surface area (Å²) in [5.41, 5.74) is 0.475. The van der Waals surface area contributed by atoms with Gasteiger partial charge in [0.1, 0.15) is 0 Å². The van der Waals surface area contributed by atoms with Crippen LogP contribution in [0.1, 0.15) is 32.6 Å². The van der Waals surface area contributed by atoms with Gasteiger partial charge in [-0.2, -0.15) is 0 Å². The van der Waals surface area contributed by atoms with Crippen LogP contribution in [0.25, 0.3) is 0 Å². The smallest absolute Gasteiger partial charge is 0.0471 e. The normalized spacial score (nSPS) is 27.8. The molecule has 2 rings (SSSR count). The average Bonchev–Trinajstić information content (AvgIpc) is 2.29. The van der Waals surface area contributed by atoms with Crippen LogP contribution in [0.3, 0.4) is 0 Å². The quantitative estimate of drug-likeness (QED) is 0.736. The summed E-state index contributed by atoms with van der Waals surface area (Å²) in [5.74, 6) is 0. The molecule has 2 aliphatic heterocycles. The van der Waals surface area contributed by atoms with Crippen molar-refractivity contribution in [1.29, 1.82) is 0 Å². The van der Waals surface area contributed by atoms with Crippen molar-refractivity contribution in [2.24, 2.45) is 5.41 Å². The predicted molar refractivity (Wildman–Crippen MR) is 62.1 cm³/mol. The van der Waals surface area contributed by atoms with E-state index in [-0.39, 0.29) is 0 Å². The van der Waals surface area contributed by atoms with Crippen LogP contribution < -0.4 is 10.6 Å². The summed E-state index contributed by atoms with van der Waals surface area (Å²) in [6.45, 7) is 7.81. The maximum Gasteiger partial charge on any atom is 0.0471 e. The highest BCUT2D eigenvalue weighted by atomic mass is 16.5. The lowest BCUT2D eigenvalue weighted by Crippen LogP contribution is -2.45. The molecule has 0 spiro atoms. The molecule has 0 bridgehead atoms. The third-order valence-corrected chi connectivity index (χ3v) is 3.86. The Labute approximate surface area is 93.0 Å². The van der Waals surface area contributed by atoms with Gasteiger partial charge >= 0.3 is 0 Å². The number of hydrogen-bond acceptors (Lipinski definition) is 3. The van der Waals surface area contributed by atoms with Crippen LogP contribution in [0.5, 0.6) is 0 Å². The fourth-order valence-electron chi connectivity index (χ4n) is 2.46. The van der Waals surface area contributed by atoms with E-state index in [9.17, 15) is 0 Å². The van der Waals surface area contributed by atoms with Crippen LogP contribution in [0.2, 0.25) is 0 Å². The first-order valence-electron chi connectivity index (χ1n) is 6.30. The summed E-state index contributed by atoms with van der Waals surface area (Å²) in [7, 11) is 0. The van der Waals surface area contributed by atoms with Gasteiger partial charge in [0.25, 0.3) is 0 Å². The molecule has 2 heterocycles. The Morgan fingerprint density at radius 3 is 2.60 bits per heavy atom. The maximum atomic E-state index is 5.42. The molecular formula is C12H24N2O. The van der Waals surface area contributed by atoms with Crippen molar-refractivity contribution in [2.75, 3.05) is 32.8 Å². The Balaban J connectivity index is 1.70. The molecule has 0 radical (unpaired) electrons. The first-order valence-corrected chi connectivity index (χ1v) is 6.30. The molecule has 2 saturated heterocycles. The average molecular weight is 212 g/mol. The van der Waals surface area contributed by atoms with Crippen molar-refractivity contribution in [3.8, 4) is 0 Å². The predicted octanol–water partition coefficient (Wildman–Crippen LogP) is 1.14. The molecule has 0 atom stereocenters. The van der Waals surface area contributed by atoms with Crippen molar-refractivity contribution < 1.29 is 4.74 Å². The molecule has 15 heavy (non-hydrogen) atoms. The van der Waals surface area contributed by atoms with Crippen LogP contribution in [-0.4, -0.2) is 38.9 Å². The molecule has 0 aromatic heterocycles. The molecule has 0 unspecified atom stereocenters. The lowest BCUT2D eigenvalue weighted by Gasteiger charge is -2.36. The highest BCUT2D eigenvalue weighted by molar-refractivity contribution is 4.83. The van der Waals surface area contributed by atoms with E-state index >= 15 is 0 Å². The van der Waals surface area contributed by atoms with E-state index in [1.165, 1.54) is 45.3 Å². The summed E-state index contributed by atoms with van der Waals surface area (Å²) >= 11 is 0. The van der Waals surface area contributed by atoms with Gasteiger partial charge in [0.05, 0.1) is 0 Å². The summed E-state index contributed by atoms with van der Waals surface area (Å²) in [6, 6.07) is 0.742. The SMILES string of the molecule is CC1(CNC2CCNCC2)CCOCC1. The first kappa shape index (κ1) is 11.4. The summed E-state index contributed by atoms with van der Waals surface area (Å²) < 4.78 is 5.42. The molecule has 0 amide bonds. The van der Waals surface area contributed by atoms with Crippen molar-refractivity contribution in [1.82, 2.24) is 10.6 Å². The second kappa shape index (κ2) is 5.28. The molecular weight excluding hydrogens is 188 g/mol. The fraction of sp³-hybridized carbons (Fsp3) is 1.00. The van der Waals surface area contributed by atoms with E-state index in [4.69, 9.17) is 4.74 Å². The monoisotopic (exact) mass is 212 g/mol. The van der Waals surface area contributed by atoms with Crippen LogP contribution in [-0.2, 0) is 4.74 Å². The minimum Gasteiger partial charge on any atom is -0.381 e.